The van der Waals surface area contributed by atoms with Gasteiger partial charge in [-0.2, -0.15) is 0 Å². The van der Waals surface area contributed by atoms with Gasteiger partial charge in [0.05, 0.1) is 19.1 Å². The van der Waals surface area contributed by atoms with Crippen LogP contribution in [0.4, 0.5) is 0 Å². The van der Waals surface area contributed by atoms with Crippen LogP contribution in [0, 0.1) is 0 Å². The quantitative estimate of drug-likeness (QED) is 0.734. The number of hydrogen-bond acceptors (Lipinski definition) is 5. The normalized spacial score (nSPS) is 12.6. The van der Waals surface area contributed by atoms with Crippen molar-refractivity contribution in [3.05, 3.63) is 58.6 Å². The molecule has 2 aromatic carbocycles. The first-order valence-electron chi connectivity index (χ1n) is 6.94. The summed E-state index contributed by atoms with van der Waals surface area (Å²) in [7, 11) is -2.78. The molecule has 1 atom stereocenters. The molecule has 0 fully saturated rings. The summed E-state index contributed by atoms with van der Waals surface area (Å²) in [6.45, 7) is 0. The minimum absolute atomic E-state index is 0.0290. The number of hydrogen-bond donors (Lipinski definition) is 1. The Bertz CT molecular complexity index is 824. The zero-order valence-electron chi connectivity index (χ0n) is 12.7. The second-order valence-electron chi connectivity index (χ2n) is 4.98. The molecule has 0 aliphatic heterocycles. The standard InChI is InChI=1S/C16H16BrNO5S/c1-23-14-8-7-12(17)10-15(14)24(21,22)18-13(16(19)20)9-11-5-3-2-4-6-11/h2-8,10,13,18H,9H2,1H3,(H,19,20)/p-1/t13-/m1/s1. The number of carbonyl (C=O) groups excluding carboxylic acids is 1. The number of aliphatic carboxylic acids is 1. The first-order valence-corrected chi connectivity index (χ1v) is 9.22. The van der Waals surface area contributed by atoms with Crippen molar-refractivity contribution in [2.75, 3.05) is 7.11 Å². The number of methoxy groups -OCH3 is 1. The van der Waals surface area contributed by atoms with Crippen LogP contribution in [0.3, 0.4) is 0 Å². The smallest absolute Gasteiger partial charge is 0.244 e. The van der Waals surface area contributed by atoms with Crippen LogP contribution < -0.4 is 14.6 Å². The van der Waals surface area contributed by atoms with Crippen LogP contribution in [0.5, 0.6) is 5.75 Å². The molecule has 128 valence electrons. The SMILES string of the molecule is COc1ccc(Br)cc1S(=O)(=O)N[C@H](Cc1ccccc1)C(=O)[O-]. The number of rotatable bonds is 7. The van der Waals surface area contributed by atoms with Gasteiger partial charge in [-0.3, -0.25) is 0 Å². The fourth-order valence-electron chi connectivity index (χ4n) is 2.13. The van der Waals surface area contributed by atoms with Gasteiger partial charge in [-0.05, 0) is 30.2 Å². The Balaban J connectivity index is 2.31. The first-order chi connectivity index (χ1) is 11.3. The van der Waals surface area contributed by atoms with E-state index in [2.05, 4.69) is 20.7 Å². The van der Waals surface area contributed by atoms with E-state index in [4.69, 9.17) is 4.74 Å². The van der Waals surface area contributed by atoms with Crippen LogP contribution >= 0.6 is 15.9 Å². The highest BCUT2D eigenvalue weighted by molar-refractivity contribution is 9.10. The third-order valence-corrected chi connectivity index (χ3v) is 5.27. The van der Waals surface area contributed by atoms with Crippen molar-refractivity contribution in [2.24, 2.45) is 0 Å². The van der Waals surface area contributed by atoms with Gasteiger partial charge in [0.15, 0.2) is 0 Å². The van der Waals surface area contributed by atoms with E-state index in [-0.39, 0.29) is 17.1 Å². The minimum atomic E-state index is -4.12. The second-order valence-corrected chi connectivity index (χ2v) is 7.58. The molecule has 8 heteroatoms. The molecule has 0 spiro atoms. The predicted molar refractivity (Wildman–Crippen MR) is 90.0 cm³/mol. The number of sulfonamides is 1. The number of benzene rings is 2. The van der Waals surface area contributed by atoms with Crippen LogP contribution in [0.2, 0.25) is 0 Å². The Morgan fingerprint density at radius 1 is 1.25 bits per heavy atom. The molecular formula is C16H15BrNO5S-. The number of carbonyl (C=O) groups is 1. The molecule has 2 aromatic rings. The molecule has 24 heavy (non-hydrogen) atoms. The van der Waals surface area contributed by atoms with E-state index in [1.807, 2.05) is 0 Å². The van der Waals surface area contributed by atoms with Gasteiger partial charge < -0.3 is 14.6 Å². The summed E-state index contributed by atoms with van der Waals surface area (Å²) in [5, 5.41) is 11.4. The maximum absolute atomic E-state index is 12.6. The summed E-state index contributed by atoms with van der Waals surface area (Å²) in [6.07, 6.45) is -0.0290. The number of carboxylic acid groups (broad SMARTS) is 1. The van der Waals surface area contributed by atoms with Gasteiger partial charge in [-0.25, -0.2) is 13.1 Å². The monoisotopic (exact) mass is 412 g/mol. The van der Waals surface area contributed by atoms with Crippen LogP contribution in [0.15, 0.2) is 57.9 Å². The summed E-state index contributed by atoms with van der Waals surface area (Å²) in [5.74, 6) is -1.39. The minimum Gasteiger partial charge on any atom is -0.548 e. The van der Waals surface area contributed by atoms with E-state index in [0.717, 1.165) is 0 Å². The topological polar surface area (TPSA) is 95.5 Å². The fraction of sp³-hybridized carbons (Fsp3) is 0.188. The Morgan fingerprint density at radius 2 is 1.92 bits per heavy atom. The third kappa shape index (κ3) is 4.56. The van der Waals surface area contributed by atoms with Gasteiger partial charge in [0.2, 0.25) is 10.0 Å². The summed E-state index contributed by atoms with van der Waals surface area (Å²) >= 11 is 3.19. The zero-order chi connectivity index (χ0) is 17.7. The van der Waals surface area contributed by atoms with Crippen LogP contribution in [-0.4, -0.2) is 27.5 Å². The van der Waals surface area contributed by atoms with E-state index in [1.165, 1.54) is 19.2 Å². The predicted octanol–water partition coefficient (Wildman–Crippen LogP) is 1.10. The molecule has 0 heterocycles. The van der Waals surface area contributed by atoms with Gasteiger partial charge in [-0.1, -0.05) is 46.3 Å². The lowest BCUT2D eigenvalue weighted by atomic mass is 10.1. The van der Waals surface area contributed by atoms with Crippen molar-refractivity contribution < 1.29 is 23.1 Å². The molecule has 0 amide bonds. The number of nitrogens with one attached hydrogen (secondary N) is 1. The molecule has 0 aliphatic rings. The van der Waals surface area contributed by atoms with Crippen molar-refractivity contribution in [2.45, 2.75) is 17.4 Å². The summed E-state index contributed by atoms with van der Waals surface area (Å²) in [5.41, 5.74) is 0.676. The molecular weight excluding hydrogens is 398 g/mol. The highest BCUT2D eigenvalue weighted by Crippen LogP contribution is 2.27. The molecule has 0 saturated heterocycles. The zero-order valence-corrected chi connectivity index (χ0v) is 15.1. The van der Waals surface area contributed by atoms with Gasteiger partial charge in [0, 0.05) is 4.47 Å². The van der Waals surface area contributed by atoms with Crippen molar-refractivity contribution in [1.82, 2.24) is 4.72 Å². The summed E-state index contributed by atoms with van der Waals surface area (Å²) in [4.78, 5) is 11.2. The molecule has 0 unspecified atom stereocenters. The molecule has 1 N–H and O–H groups in total. The second kappa shape index (κ2) is 7.78. The molecule has 0 radical (unpaired) electrons. The summed E-state index contributed by atoms with van der Waals surface area (Å²) < 4.78 is 32.9. The largest absolute Gasteiger partial charge is 0.548 e. The van der Waals surface area contributed by atoms with Crippen molar-refractivity contribution in [1.29, 1.82) is 0 Å². The van der Waals surface area contributed by atoms with E-state index in [9.17, 15) is 18.3 Å². The number of ether oxygens (including phenoxy) is 1. The molecule has 0 aromatic heterocycles. The molecule has 2 rings (SSSR count). The highest BCUT2D eigenvalue weighted by atomic mass is 79.9. The highest BCUT2D eigenvalue weighted by Gasteiger charge is 2.24. The third-order valence-electron chi connectivity index (χ3n) is 3.28. The number of carboxylic acids is 1. The number of halogens is 1. The van der Waals surface area contributed by atoms with E-state index < -0.39 is 22.0 Å². The van der Waals surface area contributed by atoms with Gasteiger partial charge in [0.25, 0.3) is 0 Å². The van der Waals surface area contributed by atoms with E-state index in [1.54, 1.807) is 36.4 Å². The average molecular weight is 413 g/mol. The van der Waals surface area contributed by atoms with Crippen LogP contribution in [0.1, 0.15) is 5.56 Å². The van der Waals surface area contributed by atoms with Gasteiger partial charge in [-0.15, -0.1) is 0 Å². The Kier molecular flexibility index (Phi) is 5.98. The Hall–Kier alpha value is -1.90. The maximum Gasteiger partial charge on any atom is 0.244 e. The van der Waals surface area contributed by atoms with Gasteiger partial charge in [0.1, 0.15) is 10.6 Å². The lowest BCUT2D eigenvalue weighted by Crippen LogP contribution is -2.49. The molecule has 0 saturated carbocycles. The van der Waals surface area contributed by atoms with E-state index >= 15 is 0 Å². The Labute approximate surface area is 148 Å². The van der Waals surface area contributed by atoms with E-state index in [0.29, 0.717) is 10.0 Å². The van der Waals surface area contributed by atoms with Gasteiger partial charge >= 0.3 is 0 Å². The van der Waals surface area contributed by atoms with Crippen molar-refractivity contribution in [3.8, 4) is 5.75 Å². The van der Waals surface area contributed by atoms with Crippen molar-refractivity contribution in [3.63, 3.8) is 0 Å². The fourth-order valence-corrected chi connectivity index (χ4v) is 4.03. The maximum atomic E-state index is 12.6. The summed E-state index contributed by atoms with van der Waals surface area (Å²) in [6, 6.07) is 11.7. The lowest BCUT2D eigenvalue weighted by Gasteiger charge is -2.20. The average Bonchev–Trinajstić information content (AvgIpc) is 2.55. The molecule has 0 aliphatic carbocycles. The van der Waals surface area contributed by atoms with Crippen LogP contribution in [0.25, 0.3) is 0 Å². The van der Waals surface area contributed by atoms with Crippen LogP contribution in [-0.2, 0) is 21.2 Å². The first kappa shape index (κ1) is 18.4. The lowest BCUT2D eigenvalue weighted by molar-refractivity contribution is -0.307. The molecule has 6 nitrogen and oxygen atoms in total. The van der Waals surface area contributed by atoms with Crippen molar-refractivity contribution >= 4 is 31.9 Å². The Morgan fingerprint density at radius 3 is 2.50 bits per heavy atom. The molecule has 0 bridgehead atoms.